The summed E-state index contributed by atoms with van der Waals surface area (Å²) in [7, 11) is 0. The third-order valence-electron chi connectivity index (χ3n) is 4.55. The summed E-state index contributed by atoms with van der Waals surface area (Å²) in [5, 5.41) is 2.22. The Morgan fingerprint density at radius 3 is 2.25 bits per heavy atom. The van der Waals surface area contributed by atoms with E-state index in [2.05, 4.69) is 5.32 Å². The van der Waals surface area contributed by atoms with E-state index in [1.165, 1.54) is 6.08 Å². The van der Waals surface area contributed by atoms with Gasteiger partial charge in [0.2, 0.25) is 0 Å². The number of ether oxygens (including phenoxy) is 3. The number of hydrogen-bond acceptors (Lipinski definition) is 6. The number of carbonyl (C=O) groups is 3. The summed E-state index contributed by atoms with van der Waals surface area (Å²) in [6.07, 6.45) is 2.28. The average Bonchev–Trinajstić information content (AvgIpc) is 2.77. The van der Waals surface area contributed by atoms with Gasteiger partial charge in [-0.25, -0.2) is 9.69 Å². The number of benzene rings is 2. The molecule has 32 heavy (non-hydrogen) atoms. The molecule has 3 rings (SSSR count). The molecule has 1 fully saturated rings. The van der Waals surface area contributed by atoms with E-state index < -0.39 is 17.8 Å². The van der Waals surface area contributed by atoms with Gasteiger partial charge in [0.25, 0.3) is 11.8 Å². The molecule has 0 radical (unpaired) electrons. The minimum atomic E-state index is -0.806. The third-order valence-corrected chi connectivity index (χ3v) is 4.55. The number of hydrogen-bond donors (Lipinski definition) is 1. The van der Waals surface area contributed by atoms with E-state index in [9.17, 15) is 14.4 Å². The quantitative estimate of drug-likeness (QED) is 0.471. The fourth-order valence-electron chi connectivity index (χ4n) is 3.13. The van der Waals surface area contributed by atoms with Crippen LogP contribution in [0.25, 0.3) is 6.08 Å². The van der Waals surface area contributed by atoms with Crippen molar-refractivity contribution in [1.29, 1.82) is 0 Å². The number of nitrogens with one attached hydrogen (secondary N) is 1. The van der Waals surface area contributed by atoms with Gasteiger partial charge < -0.3 is 14.2 Å². The Balaban J connectivity index is 1.92. The SMILES string of the molecule is CCCOc1ccc(/C=C2/C(=O)NC(=O)N(c3ccc(OCC)cc3)C2=O)cc1OCC. The van der Waals surface area contributed by atoms with Crippen LogP contribution in [-0.2, 0) is 9.59 Å². The molecule has 0 unspecified atom stereocenters. The van der Waals surface area contributed by atoms with Gasteiger partial charge in [0.15, 0.2) is 11.5 Å². The molecule has 1 aliphatic rings. The zero-order valence-corrected chi connectivity index (χ0v) is 18.3. The first-order chi connectivity index (χ1) is 15.5. The predicted octanol–water partition coefficient (Wildman–Crippen LogP) is 3.94. The molecular formula is C24H26N2O6. The molecule has 168 valence electrons. The van der Waals surface area contributed by atoms with Crippen molar-refractivity contribution in [3.8, 4) is 17.2 Å². The van der Waals surface area contributed by atoms with E-state index in [0.717, 1.165) is 11.3 Å². The van der Waals surface area contributed by atoms with E-state index in [1.807, 2.05) is 20.8 Å². The minimum absolute atomic E-state index is 0.164. The van der Waals surface area contributed by atoms with Crippen LogP contribution in [0, 0.1) is 0 Å². The lowest BCUT2D eigenvalue weighted by Gasteiger charge is -2.26. The van der Waals surface area contributed by atoms with E-state index in [0.29, 0.717) is 48.3 Å². The van der Waals surface area contributed by atoms with Gasteiger partial charge in [0, 0.05) is 0 Å². The fraction of sp³-hybridized carbons (Fsp3) is 0.292. The monoisotopic (exact) mass is 438 g/mol. The molecular weight excluding hydrogens is 412 g/mol. The Bertz CT molecular complexity index is 1030. The van der Waals surface area contributed by atoms with Crippen LogP contribution in [0.4, 0.5) is 10.5 Å². The number of nitrogens with zero attached hydrogens (tertiary/aromatic N) is 1. The van der Waals surface area contributed by atoms with Crippen molar-refractivity contribution in [2.75, 3.05) is 24.7 Å². The number of amides is 4. The average molecular weight is 438 g/mol. The molecule has 0 atom stereocenters. The number of urea groups is 1. The molecule has 1 saturated heterocycles. The highest BCUT2D eigenvalue weighted by Crippen LogP contribution is 2.30. The predicted molar refractivity (Wildman–Crippen MR) is 120 cm³/mol. The van der Waals surface area contributed by atoms with Crippen molar-refractivity contribution in [2.24, 2.45) is 0 Å². The molecule has 0 aromatic heterocycles. The van der Waals surface area contributed by atoms with E-state index in [-0.39, 0.29) is 5.57 Å². The highest BCUT2D eigenvalue weighted by Gasteiger charge is 2.36. The van der Waals surface area contributed by atoms with Crippen LogP contribution in [0.15, 0.2) is 48.0 Å². The van der Waals surface area contributed by atoms with E-state index in [4.69, 9.17) is 14.2 Å². The minimum Gasteiger partial charge on any atom is -0.494 e. The van der Waals surface area contributed by atoms with Gasteiger partial charge in [-0.05, 0) is 68.3 Å². The van der Waals surface area contributed by atoms with Gasteiger partial charge in [0.05, 0.1) is 25.5 Å². The topological polar surface area (TPSA) is 94.2 Å². The van der Waals surface area contributed by atoms with Crippen LogP contribution >= 0.6 is 0 Å². The molecule has 1 heterocycles. The molecule has 1 aliphatic heterocycles. The zero-order valence-electron chi connectivity index (χ0n) is 18.3. The Morgan fingerprint density at radius 2 is 1.59 bits per heavy atom. The summed E-state index contributed by atoms with van der Waals surface area (Å²) in [6.45, 7) is 7.19. The van der Waals surface area contributed by atoms with Crippen LogP contribution in [-0.4, -0.2) is 37.7 Å². The summed E-state index contributed by atoms with van der Waals surface area (Å²) in [4.78, 5) is 38.8. The first kappa shape index (κ1) is 22.9. The maximum Gasteiger partial charge on any atom is 0.335 e. The maximum atomic E-state index is 13.1. The normalized spacial score (nSPS) is 15.0. The zero-order chi connectivity index (χ0) is 23.1. The second-order valence-electron chi connectivity index (χ2n) is 6.87. The van der Waals surface area contributed by atoms with Gasteiger partial charge in [-0.3, -0.25) is 14.9 Å². The maximum absolute atomic E-state index is 13.1. The Hall–Kier alpha value is -3.81. The van der Waals surface area contributed by atoms with Crippen LogP contribution in [0.3, 0.4) is 0 Å². The first-order valence-electron chi connectivity index (χ1n) is 10.5. The summed E-state index contributed by atoms with van der Waals surface area (Å²) < 4.78 is 16.7. The van der Waals surface area contributed by atoms with Crippen molar-refractivity contribution in [1.82, 2.24) is 5.32 Å². The summed E-state index contributed by atoms with van der Waals surface area (Å²) in [6, 6.07) is 10.8. The second kappa shape index (κ2) is 10.5. The number of imide groups is 2. The molecule has 1 N–H and O–H groups in total. The van der Waals surface area contributed by atoms with Crippen LogP contribution in [0.2, 0.25) is 0 Å². The van der Waals surface area contributed by atoms with Crippen molar-refractivity contribution in [2.45, 2.75) is 27.2 Å². The molecule has 0 bridgehead atoms. The molecule has 4 amide bonds. The number of anilines is 1. The lowest BCUT2D eigenvalue weighted by molar-refractivity contribution is -0.122. The van der Waals surface area contributed by atoms with E-state index >= 15 is 0 Å². The Labute approximate surface area is 186 Å². The molecule has 0 spiro atoms. The van der Waals surface area contributed by atoms with Crippen molar-refractivity contribution in [3.05, 3.63) is 53.6 Å². The van der Waals surface area contributed by atoms with Crippen LogP contribution < -0.4 is 24.4 Å². The van der Waals surface area contributed by atoms with Gasteiger partial charge in [-0.1, -0.05) is 13.0 Å². The van der Waals surface area contributed by atoms with E-state index in [1.54, 1.807) is 42.5 Å². The van der Waals surface area contributed by atoms with Gasteiger partial charge in [-0.15, -0.1) is 0 Å². The summed E-state index contributed by atoms with van der Waals surface area (Å²) in [5.41, 5.74) is 0.729. The molecule has 0 aliphatic carbocycles. The highest BCUT2D eigenvalue weighted by molar-refractivity contribution is 6.39. The molecule has 0 saturated carbocycles. The van der Waals surface area contributed by atoms with Gasteiger partial charge in [-0.2, -0.15) is 0 Å². The lowest BCUT2D eigenvalue weighted by Crippen LogP contribution is -2.54. The fourth-order valence-corrected chi connectivity index (χ4v) is 3.13. The number of rotatable bonds is 9. The molecule has 8 heteroatoms. The standard InChI is InChI=1S/C24H26N2O6/c1-4-13-32-20-12-7-16(15-21(20)31-6-3)14-19-22(27)25-24(29)26(23(19)28)17-8-10-18(11-9-17)30-5-2/h7-12,14-15H,4-6,13H2,1-3H3,(H,25,27,29)/b19-14-. The first-order valence-corrected chi connectivity index (χ1v) is 10.5. The molecule has 2 aromatic carbocycles. The summed E-state index contributed by atoms with van der Waals surface area (Å²) in [5.74, 6) is 0.236. The van der Waals surface area contributed by atoms with Gasteiger partial charge in [0.1, 0.15) is 11.3 Å². The molecule has 8 nitrogen and oxygen atoms in total. The Morgan fingerprint density at radius 1 is 0.875 bits per heavy atom. The van der Waals surface area contributed by atoms with Crippen molar-refractivity contribution in [3.63, 3.8) is 0 Å². The number of barbiturate groups is 1. The Kier molecular flexibility index (Phi) is 7.49. The largest absolute Gasteiger partial charge is 0.494 e. The second-order valence-corrected chi connectivity index (χ2v) is 6.87. The van der Waals surface area contributed by atoms with Crippen molar-refractivity contribution < 1.29 is 28.6 Å². The molecule has 2 aromatic rings. The van der Waals surface area contributed by atoms with Crippen LogP contribution in [0.5, 0.6) is 17.2 Å². The lowest BCUT2D eigenvalue weighted by atomic mass is 10.1. The summed E-state index contributed by atoms with van der Waals surface area (Å²) >= 11 is 0. The van der Waals surface area contributed by atoms with Gasteiger partial charge >= 0.3 is 6.03 Å². The highest BCUT2D eigenvalue weighted by atomic mass is 16.5. The van der Waals surface area contributed by atoms with Crippen molar-refractivity contribution >= 4 is 29.6 Å². The van der Waals surface area contributed by atoms with Crippen LogP contribution in [0.1, 0.15) is 32.8 Å². The third kappa shape index (κ3) is 5.08. The number of carbonyl (C=O) groups excluding carboxylic acids is 3. The smallest absolute Gasteiger partial charge is 0.335 e.